The van der Waals surface area contributed by atoms with Crippen molar-refractivity contribution in [1.82, 2.24) is 5.43 Å². The first-order valence-electron chi connectivity index (χ1n) is 7.11. The van der Waals surface area contributed by atoms with Crippen LogP contribution in [0.15, 0.2) is 47.6 Å². The summed E-state index contributed by atoms with van der Waals surface area (Å²) in [6.07, 6.45) is 0.715. The maximum atomic E-state index is 11.9. The van der Waals surface area contributed by atoms with E-state index in [-0.39, 0.29) is 5.75 Å². The zero-order valence-corrected chi connectivity index (χ0v) is 13.9. The molecule has 0 spiro atoms. The Morgan fingerprint density at radius 3 is 2.67 bits per heavy atom. The van der Waals surface area contributed by atoms with Gasteiger partial charge < -0.3 is 14.6 Å². The van der Waals surface area contributed by atoms with E-state index in [1.807, 2.05) is 0 Å². The van der Waals surface area contributed by atoms with Crippen molar-refractivity contribution in [1.29, 1.82) is 0 Å². The van der Waals surface area contributed by atoms with Crippen LogP contribution in [0.1, 0.15) is 12.5 Å². The number of hydrogen-bond donors (Lipinski definition) is 2. The molecule has 0 radical (unpaired) electrons. The maximum Gasteiger partial charge on any atom is 0.280 e. The third kappa shape index (κ3) is 4.89. The molecule has 0 saturated heterocycles. The number of carbonyl (C=O) groups is 1. The molecule has 0 saturated carbocycles. The minimum Gasteiger partial charge on any atom is -0.504 e. The number of ether oxygens (including phenoxy) is 2. The van der Waals surface area contributed by atoms with Crippen molar-refractivity contribution in [2.24, 2.45) is 5.10 Å². The van der Waals surface area contributed by atoms with Gasteiger partial charge in [0.25, 0.3) is 5.91 Å². The van der Waals surface area contributed by atoms with Crippen molar-refractivity contribution >= 4 is 23.7 Å². The minimum atomic E-state index is -0.724. The minimum absolute atomic E-state index is 0.0312. The predicted molar refractivity (Wildman–Crippen MR) is 91.9 cm³/mol. The molecule has 24 heavy (non-hydrogen) atoms. The van der Waals surface area contributed by atoms with Gasteiger partial charge in [-0.05, 0) is 55.0 Å². The molecule has 0 aliphatic carbocycles. The molecular formula is C17H17ClN2O4. The monoisotopic (exact) mass is 348 g/mol. The SMILES string of the molecule is COc1cc(/C=N\NC(=O)[C@H](C)Oc2ccc(Cl)cc2)ccc1O. The number of hydrogen-bond acceptors (Lipinski definition) is 5. The predicted octanol–water partition coefficient (Wildman–Crippen LogP) is 2.97. The number of amides is 1. The number of nitrogens with zero attached hydrogens (tertiary/aromatic N) is 1. The maximum absolute atomic E-state index is 11.9. The average Bonchev–Trinajstić information content (AvgIpc) is 2.58. The normalized spacial score (nSPS) is 12.0. The van der Waals surface area contributed by atoms with Crippen molar-refractivity contribution in [2.45, 2.75) is 13.0 Å². The van der Waals surface area contributed by atoms with Gasteiger partial charge in [-0.15, -0.1) is 0 Å². The van der Waals surface area contributed by atoms with E-state index in [2.05, 4.69) is 10.5 Å². The standard InChI is InChI=1S/C17H17ClN2O4/c1-11(24-14-6-4-13(18)5-7-14)17(22)20-19-10-12-3-8-15(21)16(9-12)23-2/h3-11,21H,1-2H3,(H,20,22)/b19-10-/t11-/m0/s1. The van der Waals surface area contributed by atoms with Crippen molar-refractivity contribution in [3.63, 3.8) is 0 Å². The average molecular weight is 349 g/mol. The summed E-state index contributed by atoms with van der Waals surface area (Å²) in [5.74, 6) is 0.495. The van der Waals surface area contributed by atoms with Crippen LogP contribution in [0.3, 0.4) is 0 Å². The Hall–Kier alpha value is -2.73. The first-order chi connectivity index (χ1) is 11.5. The van der Waals surface area contributed by atoms with Crippen LogP contribution in [0.2, 0.25) is 5.02 Å². The highest BCUT2D eigenvalue weighted by atomic mass is 35.5. The lowest BCUT2D eigenvalue weighted by Crippen LogP contribution is -2.33. The summed E-state index contributed by atoms with van der Waals surface area (Å²) in [7, 11) is 1.45. The Bertz CT molecular complexity index is 732. The number of carbonyl (C=O) groups excluding carboxylic acids is 1. The van der Waals surface area contributed by atoms with Crippen LogP contribution in [0.5, 0.6) is 17.2 Å². The first kappa shape index (κ1) is 17.6. The summed E-state index contributed by atoms with van der Waals surface area (Å²) in [6, 6.07) is 11.4. The lowest BCUT2D eigenvalue weighted by atomic mass is 10.2. The molecule has 2 rings (SSSR count). The van der Waals surface area contributed by atoms with Crippen LogP contribution >= 0.6 is 11.6 Å². The summed E-state index contributed by atoms with van der Waals surface area (Å²) in [5.41, 5.74) is 3.05. The van der Waals surface area contributed by atoms with E-state index in [0.717, 1.165) is 0 Å². The Labute approximate surface area is 144 Å². The second-order valence-corrected chi connectivity index (χ2v) is 5.32. The molecule has 0 bridgehead atoms. The summed E-state index contributed by atoms with van der Waals surface area (Å²) in [4.78, 5) is 11.9. The van der Waals surface area contributed by atoms with E-state index in [0.29, 0.717) is 22.1 Å². The Kier molecular flexibility index (Phi) is 6.03. The van der Waals surface area contributed by atoms with Gasteiger partial charge in [0, 0.05) is 5.02 Å². The van der Waals surface area contributed by atoms with Crippen LogP contribution in [-0.4, -0.2) is 30.4 Å². The summed E-state index contributed by atoms with van der Waals surface area (Å²) < 4.78 is 10.5. The molecular weight excluding hydrogens is 332 g/mol. The first-order valence-corrected chi connectivity index (χ1v) is 7.49. The summed E-state index contributed by atoms with van der Waals surface area (Å²) >= 11 is 5.79. The highest BCUT2D eigenvalue weighted by molar-refractivity contribution is 6.30. The van der Waals surface area contributed by atoms with E-state index < -0.39 is 12.0 Å². The molecule has 0 unspecified atom stereocenters. The lowest BCUT2D eigenvalue weighted by molar-refractivity contribution is -0.127. The van der Waals surface area contributed by atoms with E-state index >= 15 is 0 Å². The molecule has 2 aromatic carbocycles. The molecule has 6 nitrogen and oxygen atoms in total. The zero-order valence-electron chi connectivity index (χ0n) is 13.2. The summed E-state index contributed by atoms with van der Waals surface area (Å²) in [5, 5.41) is 14.0. The van der Waals surface area contributed by atoms with Crippen LogP contribution < -0.4 is 14.9 Å². The highest BCUT2D eigenvalue weighted by Crippen LogP contribution is 2.25. The van der Waals surface area contributed by atoms with Crippen LogP contribution in [0, 0.1) is 0 Å². The van der Waals surface area contributed by atoms with E-state index in [9.17, 15) is 9.90 Å². The molecule has 7 heteroatoms. The molecule has 126 valence electrons. The number of hydrazone groups is 1. The third-order valence-corrected chi connectivity index (χ3v) is 3.34. The fourth-order valence-electron chi connectivity index (χ4n) is 1.81. The van der Waals surface area contributed by atoms with E-state index in [4.69, 9.17) is 21.1 Å². The highest BCUT2D eigenvalue weighted by Gasteiger charge is 2.13. The summed E-state index contributed by atoms with van der Waals surface area (Å²) in [6.45, 7) is 1.61. The molecule has 0 fully saturated rings. The van der Waals surface area contributed by atoms with Crippen LogP contribution in [-0.2, 0) is 4.79 Å². The van der Waals surface area contributed by atoms with Gasteiger partial charge in [-0.3, -0.25) is 4.79 Å². The van der Waals surface area contributed by atoms with Gasteiger partial charge >= 0.3 is 0 Å². The molecule has 2 N–H and O–H groups in total. The number of phenols is 1. The Morgan fingerprint density at radius 1 is 1.29 bits per heavy atom. The largest absolute Gasteiger partial charge is 0.504 e. The second kappa shape index (κ2) is 8.21. The molecule has 0 aromatic heterocycles. The van der Waals surface area contributed by atoms with Gasteiger partial charge in [0.2, 0.25) is 0 Å². The molecule has 0 aliphatic heterocycles. The fraction of sp³-hybridized carbons (Fsp3) is 0.176. The van der Waals surface area contributed by atoms with Gasteiger partial charge in [-0.25, -0.2) is 5.43 Å². The van der Waals surface area contributed by atoms with Gasteiger partial charge in [-0.1, -0.05) is 11.6 Å². The van der Waals surface area contributed by atoms with E-state index in [1.165, 1.54) is 19.4 Å². The van der Waals surface area contributed by atoms with Crippen LogP contribution in [0.25, 0.3) is 0 Å². The second-order valence-electron chi connectivity index (χ2n) is 4.88. The number of benzene rings is 2. The molecule has 0 aliphatic rings. The molecule has 2 aromatic rings. The quantitative estimate of drug-likeness (QED) is 0.621. The van der Waals surface area contributed by atoms with Gasteiger partial charge in [0.1, 0.15) is 5.75 Å². The van der Waals surface area contributed by atoms with Gasteiger partial charge in [-0.2, -0.15) is 5.10 Å². The number of rotatable bonds is 6. The van der Waals surface area contributed by atoms with Crippen molar-refractivity contribution in [3.8, 4) is 17.2 Å². The lowest BCUT2D eigenvalue weighted by Gasteiger charge is -2.12. The van der Waals surface area contributed by atoms with E-state index in [1.54, 1.807) is 43.3 Å². The number of phenolic OH excluding ortho intramolecular Hbond substituents is 1. The van der Waals surface area contributed by atoms with Gasteiger partial charge in [0.15, 0.2) is 17.6 Å². The van der Waals surface area contributed by atoms with Crippen molar-refractivity contribution in [2.75, 3.05) is 7.11 Å². The topological polar surface area (TPSA) is 80.2 Å². The van der Waals surface area contributed by atoms with Crippen molar-refractivity contribution in [3.05, 3.63) is 53.1 Å². The number of aromatic hydroxyl groups is 1. The fourth-order valence-corrected chi connectivity index (χ4v) is 1.93. The Morgan fingerprint density at radius 2 is 2.00 bits per heavy atom. The zero-order chi connectivity index (χ0) is 17.5. The number of methoxy groups -OCH3 is 1. The van der Waals surface area contributed by atoms with Crippen LogP contribution in [0.4, 0.5) is 0 Å². The molecule has 1 amide bonds. The number of halogens is 1. The van der Waals surface area contributed by atoms with Gasteiger partial charge in [0.05, 0.1) is 13.3 Å². The smallest absolute Gasteiger partial charge is 0.280 e. The van der Waals surface area contributed by atoms with Crippen molar-refractivity contribution < 1.29 is 19.4 Å². The number of nitrogens with one attached hydrogen (secondary N) is 1. The molecule has 0 heterocycles. The Balaban J connectivity index is 1.90. The third-order valence-electron chi connectivity index (χ3n) is 3.09. The molecule has 1 atom stereocenters.